The number of fused-ring (bicyclic) bond motifs is 1. The highest BCUT2D eigenvalue weighted by atomic mass is 16.5. The van der Waals surface area contributed by atoms with Crippen LogP contribution in [0.25, 0.3) is 10.8 Å². The van der Waals surface area contributed by atoms with Crippen LogP contribution in [0.15, 0.2) is 66.7 Å². The van der Waals surface area contributed by atoms with E-state index in [0.717, 1.165) is 18.7 Å². The Morgan fingerprint density at radius 3 is 2.30 bits per heavy atom. The Kier molecular flexibility index (Phi) is 4.94. The van der Waals surface area contributed by atoms with E-state index in [1.165, 1.54) is 21.9 Å². The van der Waals surface area contributed by atoms with Gasteiger partial charge in [0.15, 0.2) is 0 Å². The molecule has 0 bridgehead atoms. The number of methoxy groups -OCH3 is 1. The smallest absolute Gasteiger partial charge is 0.126 e. The minimum atomic E-state index is 0.362. The first-order chi connectivity index (χ1) is 11.3. The number of hydrogen-bond acceptors (Lipinski definition) is 2. The largest absolute Gasteiger partial charge is 0.496 e. The summed E-state index contributed by atoms with van der Waals surface area (Å²) in [4.78, 5) is 0. The van der Waals surface area contributed by atoms with Crippen LogP contribution in [0.2, 0.25) is 0 Å². The maximum absolute atomic E-state index is 5.47. The monoisotopic (exact) mass is 305 g/mol. The molecule has 3 aromatic rings. The van der Waals surface area contributed by atoms with Crippen molar-refractivity contribution in [2.45, 2.75) is 19.4 Å². The Morgan fingerprint density at radius 1 is 0.870 bits per heavy atom. The van der Waals surface area contributed by atoms with Crippen molar-refractivity contribution < 1.29 is 4.74 Å². The van der Waals surface area contributed by atoms with Crippen LogP contribution in [0, 0.1) is 0 Å². The van der Waals surface area contributed by atoms with Gasteiger partial charge in [0.2, 0.25) is 0 Å². The van der Waals surface area contributed by atoms with E-state index in [1.54, 1.807) is 7.11 Å². The molecule has 0 saturated heterocycles. The highest BCUT2D eigenvalue weighted by molar-refractivity contribution is 5.91. The third kappa shape index (κ3) is 3.54. The molecule has 3 rings (SSSR count). The summed E-state index contributed by atoms with van der Waals surface area (Å²) in [6.07, 6.45) is 1.00. The summed E-state index contributed by atoms with van der Waals surface area (Å²) in [5.74, 6) is 0.940. The lowest BCUT2D eigenvalue weighted by Crippen LogP contribution is -2.21. The summed E-state index contributed by atoms with van der Waals surface area (Å²) in [6.45, 7) is 3.16. The van der Waals surface area contributed by atoms with Crippen LogP contribution in [0.3, 0.4) is 0 Å². The van der Waals surface area contributed by atoms with Gasteiger partial charge in [-0.1, -0.05) is 60.7 Å². The molecule has 0 heterocycles. The number of ether oxygens (including phenoxy) is 1. The number of nitrogens with one attached hydrogen (secondary N) is 1. The fourth-order valence-electron chi connectivity index (χ4n) is 3.01. The van der Waals surface area contributed by atoms with E-state index in [0.29, 0.717) is 6.04 Å². The van der Waals surface area contributed by atoms with Crippen molar-refractivity contribution in [3.05, 3.63) is 77.9 Å². The second-order valence-electron chi connectivity index (χ2n) is 5.81. The molecule has 0 amide bonds. The third-order valence-electron chi connectivity index (χ3n) is 4.34. The fourth-order valence-corrected chi connectivity index (χ4v) is 3.01. The zero-order valence-corrected chi connectivity index (χ0v) is 13.8. The van der Waals surface area contributed by atoms with Crippen LogP contribution in [0.4, 0.5) is 0 Å². The maximum Gasteiger partial charge on any atom is 0.126 e. The van der Waals surface area contributed by atoms with Crippen molar-refractivity contribution in [2.24, 2.45) is 0 Å². The van der Waals surface area contributed by atoms with Gasteiger partial charge in [0, 0.05) is 11.4 Å². The molecule has 0 radical (unpaired) electrons. The van der Waals surface area contributed by atoms with Gasteiger partial charge in [-0.05, 0) is 42.5 Å². The first-order valence-corrected chi connectivity index (χ1v) is 8.12. The lowest BCUT2D eigenvalue weighted by atomic mass is 10.0. The quantitative estimate of drug-likeness (QED) is 0.710. The minimum absolute atomic E-state index is 0.362. The number of benzene rings is 3. The first kappa shape index (κ1) is 15.6. The molecule has 0 aliphatic rings. The SMILES string of the molecule is COc1ccc(CCNC(C)c2ccccc2)c2ccccc12. The minimum Gasteiger partial charge on any atom is -0.496 e. The van der Waals surface area contributed by atoms with E-state index in [2.05, 4.69) is 79.0 Å². The summed E-state index contributed by atoms with van der Waals surface area (Å²) >= 11 is 0. The van der Waals surface area contributed by atoms with E-state index >= 15 is 0 Å². The Morgan fingerprint density at radius 2 is 1.57 bits per heavy atom. The Hall–Kier alpha value is -2.32. The van der Waals surface area contributed by atoms with Crippen LogP contribution in [-0.4, -0.2) is 13.7 Å². The van der Waals surface area contributed by atoms with E-state index in [1.807, 2.05) is 0 Å². The summed E-state index contributed by atoms with van der Waals surface area (Å²) < 4.78 is 5.47. The predicted molar refractivity (Wildman–Crippen MR) is 97.1 cm³/mol. The lowest BCUT2D eigenvalue weighted by Gasteiger charge is -2.15. The fraction of sp³-hybridized carbons (Fsp3) is 0.238. The van der Waals surface area contributed by atoms with Crippen molar-refractivity contribution in [1.29, 1.82) is 0 Å². The average Bonchev–Trinajstić information content (AvgIpc) is 2.62. The van der Waals surface area contributed by atoms with Gasteiger partial charge >= 0.3 is 0 Å². The molecule has 0 fully saturated rings. The molecular weight excluding hydrogens is 282 g/mol. The second kappa shape index (κ2) is 7.30. The van der Waals surface area contributed by atoms with E-state index in [4.69, 9.17) is 4.74 Å². The van der Waals surface area contributed by atoms with Crippen molar-refractivity contribution in [1.82, 2.24) is 5.32 Å². The van der Waals surface area contributed by atoms with Crippen LogP contribution in [-0.2, 0) is 6.42 Å². The van der Waals surface area contributed by atoms with Gasteiger partial charge in [0.05, 0.1) is 7.11 Å². The molecule has 1 atom stereocenters. The van der Waals surface area contributed by atoms with Gasteiger partial charge in [0.1, 0.15) is 5.75 Å². The first-order valence-electron chi connectivity index (χ1n) is 8.12. The van der Waals surface area contributed by atoms with Crippen molar-refractivity contribution in [3.8, 4) is 5.75 Å². The van der Waals surface area contributed by atoms with Gasteiger partial charge in [-0.3, -0.25) is 0 Å². The molecule has 118 valence electrons. The second-order valence-corrected chi connectivity index (χ2v) is 5.81. The molecule has 0 spiro atoms. The van der Waals surface area contributed by atoms with Gasteiger partial charge < -0.3 is 10.1 Å². The highest BCUT2D eigenvalue weighted by Crippen LogP contribution is 2.28. The van der Waals surface area contributed by atoms with Crippen LogP contribution >= 0.6 is 0 Å². The standard InChI is InChI=1S/C21H23NO/c1-16(17-8-4-3-5-9-17)22-15-14-18-12-13-21(23-2)20-11-7-6-10-19(18)20/h3-13,16,22H,14-15H2,1-2H3. The molecule has 0 aliphatic carbocycles. The van der Waals surface area contributed by atoms with Gasteiger partial charge in [-0.2, -0.15) is 0 Å². The normalized spacial score (nSPS) is 12.3. The predicted octanol–water partition coefficient (Wildman–Crippen LogP) is 4.74. The van der Waals surface area contributed by atoms with Crippen LogP contribution < -0.4 is 10.1 Å². The number of rotatable bonds is 6. The molecule has 23 heavy (non-hydrogen) atoms. The third-order valence-corrected chi connectivity index (χ3v) is 4.34. The van der Waals surface area contributed by atoms with Gasteiger partial charge in [0.25, 0.3) is 0 Å². The van der Waals surface area contributed by atoms with Crippen molar-refractivity contribution >= 4 is 10.8 Å². The summed E-state index contributed by atoms with van der Waals surface area (Å²) in [7, 11) is 1.73. The van der Waals surface area contributed by atoms with E-state index in [9.17, 15) is 0 Å². The van der Waals surface area contributed by atoms with Gasteiger partial charge in [-0.15, -0.1) is 0 Å². The Balaban J connectivity index is 1.70. The van der Waals surface area contributed by atoms with Crippen LogP contribution in [0.1, 0.15) is 24.1 Å². The van der Waals surface area contributed by atoms with Crippen molar-refractivity contribution in [3.63, 3.8) is 0 Å². The van der Waals surface area contributed by atoms with E-state index < -0.39 is 0 Å². The summed E-state index contributed by atoms with van der Waals surface area (Å²) in [5.41, 5.74) is 2.68. The molecule has 0 saturated carbocycles. The van der Waals surface area contributed by atoms with Gasteiger partial charge in [-0.25, -0.2) is 0 Å². The molecule has 1 N–H and O–H groups in total. The summed E-state index contributed by atoms with van der Waals surface area (Å²) in [6, 6.07) is 23.6. The average molecular weight is 305 g/mol. The molecule has 3 aromatic carbocycles. The lowest BCUT2D eigenvalue weighted by molar-refractivity contribution is 0.419. The summed E-state index contributed by atoms with van der Waals surface area (Å²) in [5, 5.41) is 6.07. The Bertz CT molecular complexity index is 767. The molecule has 1 unspecified atom stereocenters. The van der Waals surface area contributed by atoms with Crippen molar-refractivity contribution in [2.75, 3.05) is 13.7 Å². The number of hydrogen-bond donors (Lipinski definition) is 1. The topological polar surface area (TPSA) is 21.3 Å². The van der Waals surface area contributed by atoms with Crippen LogP contribution in [0.5, 0.6) is 5.75 Å². The maximum atomic E-state index is 5.47. The molecular formula is C21H23NO. The zero-order chi connectivity index (χ0) is 16.1. The zero-order valence-electron chi connectivity index (χ0n) is 13.8. The highest BCUT2D eigenvalue weighted by Gasteiger charge is 2.07. The molecule has 2 nitrogen and oxygen atoms in total. The Labute approximate surface area is 138 Å². The molecule has 2 heteroatoms. The van der Waals surface area contributed by atoms with E-state index in [-0.39, 0.29) is 0 Å². The molecule has 0 aliphatic heterocycles. The molecule has 0 aromatic heterocycles.